The second-order valence-electron chi connectivity index (χ2n) is 8.81. The fourth-order valence-electron chi connectivity index (χ4n) is 4.34. The number of hydrogen-bond donors (Lipinski definition) is 2. The molecule has 5 aromatic rings. The van der Waals surface area contributed by atoms with Crippen molar-refractivity contribution < 1.29 is 13.2 Å². The van der Waals surface area contributed by atoms with Gasteiger partial charge in [-0.25, -0.2) is 18.8 Å². The van der Waals surface area contributed by atoms with Crippen LogP contribution in [0, 0.1) is 22.6 Å². The lowest BCUT2D eigenvalue weighted by Crippen LogP contribution is -2.26. The summed E-state index contributed by atoms with van der Waals surface area (Å²) >= 11 is 6.22. The third-order valence-corrected chi connectivity index (χ3v) is 6.55. The minimum atomic E-state index is -0.693. The molecule has 2 heterocycles. The molecule has 0 aliphatic carbocycles. The van der Waals surface area contributed by atoms with Gasteiger partial charge in [0.1, 0.15) is 24.0 Å². The number of nitrogens with zero attached hydrogens (tertiary/aromatic N) is 4. The number of benzene rings is 3. The molecule has 3 aromatic carbocycles. The molecule has 0 aliphatic rings. The van der Waals surface area contributed by atoms with Gasteiger partial charge in [0.25, 0.3) is 5.56 Å². The van der Waals surface area contributed by atoms with Gasteiger partial charge in [0.15, 0.2) is 5.76 Å². The number of hydrogen-bond acceptors (Lipinski definition) is 6. The van der Waals surface area contributed by atoms with Crippen LogP contribution in [0.4, 0.5) is 14.5 Å². The molecule has 0 saturated heterocycles. The SMILES string of the molecule is N=CN(N=N)c1ccc(Cl)cc1-c1ccn(C(Cc2ccc(F)cc2)c2ncc(-c3ccc(F)cc3)o2)c(=O)c1. The van der Waals surface area contributed by atoms with E-state index in [2.05, 4.69) is 10.2 Å². The molecule has 0 saturated carbocycles. The van der Waals surface area contributed by atoms with Crippen molar-refractivity contribution in [3.05, 3.63) is 130 Å². The fourth-order valence-corrected chi connectivity index (χ4v) is 4.52. The summed E-state index contributed by atoms with van der Waals surface area (Å²) in [6.07, 6.45) is 4.24. The Kier molecular flexibility index (Phi) is 7.61. The molecule has 2 aromatic heterocycles. The molecule has 0 bridgehead atoms. The molecule has 40 heavy (non-hydrogen) atoms. The van der Waals surface area contributed by atoms with Crippen molar-refractivity contribution in [2.45, 2.75) is 12.5 Å². The fraction of sp³-hybridized carbons (Fsp3) is 0.0690. The van der Waals surface area contributed by atoms with Gasteiger partial charge in [-0.05, 0) is 71.8 Å². The highest BCUT2D eigenvalue weighted by molar-refractivity contribution is 6.31. The van der Waals surface area contributed by atoms with Gasteiger partial charge in [0.2, 0.25) is 5.89 Å². The van der Waals surface area contributed by atoms with Gasteiger partial charge < -0.3 is 8.98 Å². The highest BCUT2D eigenvalue weighted by Gasteiger charge is 2.23. The van der Waals surface area contributed by atoms with E-state index in [0.717, 1.165) is 16.9 Å². The van der Waals surface area contributed by atoms with E-state index in [1.807, 2.05) is 0 Å². The molecule has 0 aliphatic heterocycles. The van der Waals surface area contributed by atoms with Crippen molar-refractivity contribution in [1.82, 2.24) is 9.55 Å². The zero-order valence-electron chi connectivity index (χ0n) is 20.8. The second-order valence-corrected chi connectivity index (χ2v) is 9.25. The van der Waals surface area contributed by atoms with Crippen LogP contribution in [0.1, 0.15) is 17.5 Å². The van der Waals surface area contributed by atoms with E-state index in [1.165, 1.54) is 41.1 Å². The first-order valence-corrected chi connectivity index (χ1v) is 12.4. The molecular formula is C29H21ClF2N6O2. The van der Waals surface area contributed by atoms with Gasteiger partial charge >= 0.3 is 0 Å². The summed E-state index contributed by atoms with van der Waals surface area (Å²) in [4.78, 5) is 18.0. The Labute approximate surface area is 232 Å². The van der Waals surface area contributed by atoms with Crippen LogP contribution in [0.3, 0.4) is 0 Å². The first kappa shape index (κ1) is 26.6. The third-order valence-electron chi connectivity index (χ3n) is 6.31. The number of oxazole rings is 1. The molecule has 1 unspecified atom stereocenters. The molecule has 0 spiro atoms. The molecule has 200 valence electrons. The lowest BCUT2D eigenvalue weighted by molar-refractivity contribution is 0.410. The molecule has 2 N–H and O–H groups in total. The lowest BCUT2D eigenvalue weighted by Gasteiger charge is -2.19. The Morgan fingerprint density at radius 3 is 2.35 bits per heavy atom. The van der Waals surface area contributed by atoms with E-state index >= 15 is 0 Å². The highest BCUT2D eigenvalue weighted by Crippen LogP contribution is 2.33. The predicted octanol–water partition coefficient (Wildman–Crippen LogP) is 7.29. The van der Waals surface area contributed by atoms with E-state index < -0.39 is 6.04 Å². The minimum absolute atomic E-state index is 0.241. The van der Waals surface area contributed by atoms with Crippen molar-refractivity contribution in [1.29, 1.82) is 10.9 Å². The Morgan fingerprint density at radius 1 is 1.00 bits per heavy atom. The second kappa shape index (κ2) is 11.4. The number of pyridine rings is 1. The van der Waals surface area contributed by atoms with Crippen molar-refractivity contribution >= 4 is 23.6 Å². The topological polar surface area (TPSA) is 111 Å². The van der Waals surface area contributed by atoms with E-state index in [1.54, 1.807) is 54.7 Å². The first-order chi connectivity index (χ1) is 19.4. The number of rotatable bonds is 9. The standard InChI is InChI=1S/C29H21ClF2N6O2/c30-21-5-10-25(38(17-33)36-34)24(15-21)20-11-12-37(28(39)14-20)26(13-18-1-6-22(31)7-2-18)29-35-16-27(40-29)19-3-8-23(32)9-4-19/h1-12,14-17,26,33-34H,13H2. The van der Waals surface area contributed by atoms with Crippen LogP contribution < -0.4 is 10.6 Å². The number of anilines is 1. The molecule has 8 nitrogen and oxygen atoms in total. The molecule has 11 heteroatoms. The number of nitrogens with one attached hydrogen (secondary N) is 2. The average molecular weight is 559 g/mol. The third kappa shape index (κ3) is 5.57. The van der Waals surface area contributed by atoms with E-state index in [4.69, 9.17) is 27.0 Å². The summed E-state index contributed by atoms with van der Waals surface area (Å²) in [5.41, 5.74) is 9.74. The Morgan fingerprint density at radius 2 is 1.70 bits per heavy atom. The summed E-state index contributed by atoms with van der Waals surface area (Å²) < 4.78 is 34.5. The predicted molar refractivity (Wildman–Crippen MR) is 148 cm³/mol. The van der Waals surface area contributed by atoms with Gasteiger partial charge in [-0.15, -0.1) is 0 Å². The van der Waals surface area contributed by atoms with Crippen molar-refractivity contribution in [3.63, 3.8) is 0 Å². The van der Waals surface area contributed by atoms with Gasteiger partial charge in [-0.3, -0.25) is 10.2 Å². The van der Waals surface area contributed by atoms with Gasteiger partial charge in [0.05, 0.1) is 11.9 Å². The zero-order valence-corrected chi connectivity index (χ0v) is 21.5. The van der Waals surface area contributed by atoms with E-state index in [0.29, 0.717) is 33.2 Å². The van der Waals surface area contributed by atoms with Gasteiger partial charge in [-0.2, -0.15) is 5.53 Å². The Balaban J connectivity index is 1.58. The summed E-state index contributed by atoms with van der Waals surface area (Å²) in [7, 11) is 0. The van der Waals surface area contributed by atoms with E-state index in [9.17, 15) is 13.6 Å². The smallest absolute Gasteiger partial charge is 0.251 e. The maximum atomic E-state index is 13.6. The maximum Gasteiger partial charge on any atom is 0.251 e. The van der Waals surface area contributed by atoms with Crippen molar-refractivity contribution in [2.75, 3.05) is 5.01 Å². The van der Waals surface area contributed by atoms with Crippen LogP contribution in [-0.4, -0.2) is 15.9 Å². The van der Waals surface area contributed by atoms with Crippen LogP contribution in [0.2, 0.25) is 5.02 Å². The van der Waals surface area contributed by atoms with Gasteiger partial charge in [0, 0.05) is 34.8 Å². The van der Waals surface area contributed by atoms with Gasteiger partial charge in [-0.1, -0.05) is 29.0 Å². The summed E-state index contributed by atoms with van der Waals surface area (Å²) in [6.45, 7) is 0. The summed E-state index contributed by atoms with van der Waals surface area (Å²) in [6, 6.07) is 18.9. The van der Waals surface area contributed by atoms with Crippen molar-refractivity contribution in [3.8, 4) is 22.5 Å². The quantitative estimate of drug-likeness (QED) is 0.0855. The van der Waals surface area contributed by atoms with Crippen LogP contribution in [-0.2, 0) is 6.42 Å². The maximum absolute atomic E-state index is 13.6. The van der Waals surface area contributed by atoms with Crippen molar-refractivity contribution in [2.24, 2.45) is 5.22 Å². The molecule has 5 rings (SSSR count). The zero-order chi connectivity index (χ0) is 28.2. The first-order valence-electron chi connectivity index (χ1n) is 12.0. The molecular weight excluding hydrogens is 538 g/mol. The molecule has 0 amide bonds. The number of aromatic nitrogens is 2. The minimum Gasteiger partial charge on any atom is -0.438 e. The lowest BCUT2D eigenvalue weighted by atomic mass is 10.0. The largest absolute Gasteiger partial charge is 0.438 e. The van der Waals surface area contributed by atoms with Crippen LogP contribution in [0.15, 0.2) is 106 Å². The monoisotopic (exact) mass is 558 g/mol. The van der Waals surface area contributed by atoms with E-state index in [-0.39, 0.29) is 29.5 Å². The average Bonchev–Trinajstić information content (AvgIpc) is 3.45. The summed E-state index contributed by atoms with van der Waals surface area (Å²) in [5, 5.41) is 12.3. The summed E-state index contributed by atoms with van der Waals surface area (Å²) in [5.74, 6) is -0.122. The van der Waals surface area contributed by atoms with Crippen LogP contribution in [0.25, 0.3) is 22.5 Å². The Hall–Kier alpha value is -4.96. The molecule has 1 atom stereocenters. The normalized spacial score (nSPS) is 11.7. The van der Waals surface area contributed by atoms with Crippen LogP contribution >= 0.6 is 11.6 Å². The molecule has 0 radical (unpaired) electrons. The number of halogens is 3. The Bertz CT molecular complexity index is 1730. The molecule has 0 fully saturated rings. The van der Waals surface area contributed by atoms with Crippen LogP contribution in [0.5, 0.6) is 0 Å². The highest BCUT2D eigenvalue weighted by atomic mass is 35.5.